The van der Waals surface area contributed by atoms with E-state index in [0.717, 1.165) is 0 Å². The molecule has 6 nitrogen and oxygen atoms in total. The zero-order valence-electron chi connectivity index (χ0n) is 15.8. The second-order valence-corrected chi connectivity index (χ2v) is 8.74. The number of H-pyrrole nitrogens is 1. The molecule has 0 atom stereocenters. The van der Waals surface area contributed by atoms with Crippen molar-refractivity contribution in [2.24, 2.45) is 0 Å². The summed E-state index contributed by atoms with van der Waals surface area (Å²) in [6, 6.07) is 8.25. The summed E-state index contributed by atoms with van der Waals surface area (Å²) in [6.45, 7) is 7.37. The van der Waals surface area contributed by atoms with Crippen LogP contribution in [0.2, 0.25) is 0 Å². The molecule has 0 aliphatic rings. The van der Waals surface area contributed by atoms with Crippen molar-refractivity contribution < 1.29 is 8.42 Å². The highest BCUT2D eigenvalue weighted by atomic mass is 32.2. The van der Waals surface area contributed by atoms with E-state index >= 15 is 0 Å². The van der Waals surface area contributed by atoms with E-state index in [1.807, 2.05) is 0 Å². The number of hydrogen-bond donors (Lipinski definition) is 3. The number of thiophene rings is 1. The van der Waals surface area contributed by atoms with Crippen molar-refractivity contribution in [1.29, 1.82) is 0 Å². The van der Waals surface area contributed by atoms with E-state index in [4.69, 9.17) is 0 Å². The number of anilines is 1. The molecule has 146 valence electrons. The Hall–Kier alpha value is -2.84. The second-order valence-electron chi connectivity index (χ2n) is 6.35. The van der Waals surface area contributed by atoms with Crippen LogP contribution < -0.4 is 15.5 Å². The molecular formula is C20H21N3O3S2. The van der Waals surface area contributed by atoms with Crippen molar-refractivity contribution in [3.05, 3.63) is 74.7 Å². The van der Waals surface area contributed by atoms with Gasteiger partial charge in [-0.1, -0.05) is 24.8 Å². The number of pyridine rings is 1. The summed E-state index contributed by atoms with van der Waals surface area (Å²) in [5, 5.41) is 6.43. The lowest BCUT2D eigenvalue weighted by atomic mass is 10.1. The second kappa shape index (κ2) is 7.65. The highest BCUT2D eigenvalue weighted by molar-refractivity contribution is 7.92. The zero-order valence-corrected chi connectivity index (χ0v) is 17.4. The van der Waals surface area contributed by atoms with E-state index in [2.05, 4.69) is 21.6 Å². The van der Waals surface area contributed by atoms with Gasteiger partial charge in [0.1, 0.15) is 0 Å². The Kier molecular flexibility index (Phi) is 5.44. The van der Waals surface area contributed by atoms with Gasteiger partial charge in [-0.15, -0.1) is 11.3 Å². The van der Waals surface area contributed by atoms with E-state index in [-0.39, 0.29) is 10.3 Å². The van der Waals surface area contributed by atoms with Crippen molar-refractivity contribution >= 4 is 32.7 Å². The summed E-state index contributed by atoms with van der Waals surface area (Å²) in [5.74, 6) is 0. The summed E-state index contributed by atoms with van der Waals surface area (Å²) in [5.41, 5.74) is 3.74. The van der Waals surface area contributed by atoms with Crippen LogP contribution in [0.15, 0.2) is 57.4 Å². The van der Waals surface area contributed by atoms with Crippen molar-refractivity contribution in [3.8, 4) is 11.3 Å². The fourth-order valence-electron chi connectivity index (χ4n) is 2.84. The van der Waals surface area contributed by atoms with Gasteiger partial charge in [-0.2, -0.15) is 0 Å². The van der Waals surface area contributed by atoms with Gasteiger partial charge in [-0.3, -0.25) is 9.52 Å². The van der Waals surface area contributed by atoms with Crippen LogP contribution in [0.4, 0.5) is 5.69 Å². The Labute approximate surface area is 168 Å². The van der Waals surface area contributed by atoms with Gasteiger partial charge < -0.3 is 10.3 Å². The van der Waals surface area contributed by atoms with E-state index < -0.39 is 10.0 Å². The van der Waals surface area contributed by atoms with Crippen LogP contribution in [0.5, 0.6) is 0 Å². The van der Waals surface area contributed by atoms with Crippen LogP contribution in [-0.4, -0.2) is 20.4 Å². The van der Waals surface area contributed by atoms with Crippen LogP contribution in [0, 0.1) is 13.8 Å². The molecule has 3 aromatic rings. The monoisotopic (exact) mass is 415 g/mol. The van der Waals surface area contributed by atoms with Gasteiger partial charge in [-0.05, 0) is 25.5 Å². The minimum Gasteiger partial charge on any atom is -0.387 e. The Morgan fingerprint density at radius 3 is 2.57 bits per heavy atom. The van der Waals surface area contributed by atoms with Gasteiger partial charge in [0.15, 0.2) is 5.43 Å². The Morgan fingerprint density at radius 2 is 1.89 bits per heavy atom. The number of hydrogen-bond acceptors (Lipinski definition) is 5. The van der Waals surface area contributed by atoms with Crippen LogP contribution in [0.1, 0.15) is 16.8 Å². The quantitative estimate of drug-likeness (QED) is 0.572. The lowest BCUT2D eigenvalue weighted by Gasteiger charge is -2.13. The van der Waals surface area contributed by atoms with Gasteiger partial charge in [0, 0.05) is 35.0 Å². The maximum Gasteiger partial charge on any atom is 0.262 e. The van der Waals surface area contributed by atoms with Crippen molar-refractivity contribution in [1.82, 2.24) is 10.3 Å². The minimum atomic E-state index is -3.76. The maximum absolute atomic E-state index is 12.8. The molecule has 8 heteroatoms. The molecule has 0 aliphatic heterocycles. The van der Waals surface area contributed by atoms with Crippen molar-refractivity contribution in [3.63, 3.8) is 0 Å². The number of benzene rings is 1. The SMILES string of the molecule is C=C(NC)c1[nH]c(-c2cscc2NS(=O)(=O)c2ccccc2C)cc(=O)c1C. The number of sulfonamides is 1. The predicted octanol–water partition coefficient (Wildman–Crippen LogP) is 3.71. The topological polar surface area (TPSA) is 91.1 Å². The normalized spacial score (nSPS) is 11.2. The number of aromatic nitrogens is 1. The number of nitrogens with one attached hydrogen (secondary N) is 3. The Morgan fingerprint density at radius 1 is 1.18 bits per heavy atom. The molecule has 0 saturated heterocycles. The summed E-state index contributed by atoms with van der Waals surface area (Å²) >= 11 is 1.34. The van der Waals surface area contributed by atoms with E-state index in [9.17, 15) is 13.2 Å². The molecular weight excluding hydrogens is 394 g/mol. The average Bonchev–Trinajstić information content (AvgIpc) is 3.10. The van der Waals surface area contributed by atoms with Gasteiger partial charge in [0.2, 0.25) is 0 Å². The molecule has 0 aliphatic carbocycles. The molecule has 0 unspecified atom stereocenters. The van der Waals surface area contributed by atoms with Crippen LogP contribution in [-0.2, 0) is 10.0 Å². The third kappa shape index (κ3) is 3.74. The van der Waals surface area contributed by atoms with Gasteiger partial charge >= 0.3 is 0 Å². The lowest BCUT2D eigenvalue weighted by Crippen LogP contribution is -2.16. The molecule has 1 aromatic carbocycles. The van der Waals surface area contributed by atoms with Gasteiger partial charge in [-0.25, -0.2) is 8.42 Å². The van der Waals surface area contributed by atoms with Crippen molar-refractivity contribution in [2.75, 3.05) is 11.8 Å². The fourth-order valence-corrected chi connectivity index (χ4v) is 5.01. The number of aryl methyl sites for hydroxylation is 1. The fraction of sp³-hybridized carbons (Fsp3) is 0.150. The average molecular weight is 416 g/mol. The summed E-state index contributed by atoms with van der Waals surface area (Å²) in [4.78, 5) is 15.8. The van der Waals surface area contributed by atoms with Crippen LogP contribution in [0.3, 0.4) is 0 Å². The summed E-state index contributed by atoms with van der Waals surface area (Å²) in [6.07, 6.45) is 0. The standard InChI is InChI=1S/C20H21N3O3S2/c1-12-7-5-6-8-19(12)28(25,26)23-17-11-27-10-15(17)16-9-18(24)13(2)20(22-16)14(3)21-4/h5-11,21,23H,3H2,1-2,4H3,(H,22,24). The van der Waals surface area contributed by atoms with E-state index in [1.54, 1.807) is 55.9 Å². The minimum absolute atomic E-state index is 0.154. The predicted molar refractivity (Wildman–Crippen MR) is 115 cm³/mol. The van der Waals surface area contributed by atoms with E-state index in [0.29, 0.717) is 39.5 Å². The summed E-state index contributed by atoms with van der Waals surface area (Å²) in [7, 11) is -2.04. The Bertz CT molecular complexity index is 1210. The first kappa shape index (κ1) is 19.9. The Balaban J connectivity index is 2.06. The smallest absolute Gasteiger partial charge is 0.262 e. The number of aromatic amines is 1. The molecule has 2 heterocycles. The molecule has 0 bridgehead atoms. The first-order valence-electron chi connectivity index (χ1n) is 8.50. The van der Waals surface area contributed by atoms with Gasteiger partial charge in [0.05, 0.1) is 27.7 Å². The molecule has 0 amide bonds. The first-order chi connectivity index (χ1) is 13.2. The van der Waals surface area contributed by atoms with Crippen molar-refractivity contribution in [2.45, 2.75) is 18.7 Å². The molecule has 0 spiro atoms. The molecule has 2 aromatic heterocycles. The zero-order chi connectivity index (χ0) is 20.5. The maximum atomic E-state index is 12.8. The highest BCUT2D eigenvalue weighted by Crippen LogP contribution is 2.32. The third-order valence-electron chi connectivity index (χ3n) is 4.46. The lowest BCUT2D eigenvalue weighted by molar-refractivity contribution is 0.600. The molecule has 28 heavy (non-hydrogen) atoms. The molecule has 0 fully saturated rings. The molecule has 0 saturated carbocycles. The van der Waals surface area contributed by atoms with Crippen LogP contribution >= 0.6 is 11.3 Å². The highest BCUT2D eigenvalue weighted by Gasteiger charge is 2.20. The molecule has 3 N–H and O–H groups in total. The first-order valence-corrected chi connectivity index (χ1v) is 10.9. The van der Waals surface area contributed by atoms with E-state index in [1.165, 1.54) is 17.4 Å². The largest absolute Gasteiger partial charge is 0.387 e. The van der Waals surface area contributed by atoms with Gasteiger partial charge in [0.25, 0.3) is 10.0 Å². The van der Waals surface area contributed by atoms with Crippen LogP contribution in [0.25, 0.3) is 17.0 Å². The number of rotatable bonds is 6. The third-order valence-corrected chi connectivity index (χ3v) is 6.73. The molecule has 3 rings (SSSR count). The summed E-state index contributed by atoms with van der Waals surface area (Å²) < 4.78 is 28.3. The molecule has 0 radical (unpaired) electrons.